The van der Waals surface area contributed by atoms with Gasteiger partial charge in [-0.1, -0.05) is 0 Å². The monoisotopic (exact) mass is 413 g/mol. The van der Waals surface area contributed by atoms with Crippen molar-refractivity contribution in [2.24, 2.45) is 5.92 Å². The lowest BCUT2D eigenvalue weighted by atomic mass is 9.99. The molecule has 1 aliphatic heterocycles. The summed E-state index contributed by atoms with van der Waals surface area (Å²) in [5, 5.41) is 0.239. The number of benzene rings is 1. The van der Waals surface area contributed by atoms with Gasteiger partial charge in [0.25, 0.3) is 5.56 Å². The number of rotatable bonds is 6. The van der Waals surface area contributed by atoms with Crippen molar-refractivity contribution in [2.75, 3.05) is 38.1 Å². The summed E-state index contributed by atoms with van der Waals surface area (Å²) < 4.78 is 16.8. The molecule has 0 spiro atoms. The minimum Gasteiger partial charge on any atom is -0.369 e. The lowest BCUT2D eigenvalue weighted by Crippen LogP contribution is -2.38. The molecule has 1 saturated carbocycles. The molecule has 7 nitrogen and oxygen atoms in total. The van der Waals surface area contributed by atoms with Crippen LogP contribution in [0.15, 0.2) is 15.7 Å². The number of halogens is 1. The number of hydrogen-bond acceptors (Lipinski definition) is 4. The number of nitrogens with zero attached hydrogens (tertiary/aromatic N) is 4. The van der Waals surface area contributed by atoms with Crippen LogP contribution >= 0.6 is 0 Å². The molecule has 0 radical (unpaired) electrons. The summed E-state index contributed by atoms with van der Waals surface area (Å²) >= 11 is 0. The van der Waals surface area contributed by atoms with Crippen molar-refractivity contribution in [1.29, 1.82) is 0 Å². The molecule has 2 aromatic rings. The maximum Gasteiger partial charge on any atom is 0.329 e. The number of likely N-dealkylation sites (N-methyl/N-ethyl adjacent to an activating group) is 1. The van der Waals surface area contributed by atoms with Gasteiger partial charge in [-0.25, -0.2) is 15.8 Å². The van der Waals surface area contributed by atoms with Gasteiger partial charge in [-0.2, -0.15) is 0 Å². The summed E-state index contributed by atoms with van der Waals surface area (Å²) in [5.41, 5.74) is 0.781. The molecule has 2 fully saturated rings. The number of H-pyrrole nitrogens is 1. The summed E-state index contributed by atoms with van der Waals surface area (Å²) in [6.45, 7) is 13.6. The number of nitrogens with one attached hydrogen (secondary N) is 1. The van der Waals surface area contributed by atoms with E-state index in [1.54, 1.807) is 4.57 Å². The predicted octanol–water partition coefficient (Wildman–Crippen LogP) is 2.54. The lowest BCUT2D eigenvalue weighted by molar-refractivity contribution is 0.207. The Kier molecular flexibility index (Phi) is 5.41. The molecule has 0 bridgehead atoms. The fourth-order valence-corrected chi connectivity index (χ4v) is 4.79. The zero-order valence-corrected chi connectivity index (χ0v) is 17.7. The lowest BCUT2D eigenvalue weighted by Gasteiger charge is -2.29. The van der Waals surface area contributed by atoms with Crippen molar-refractivity contribution in [3.63, 3.8) is 0 Å². The number of fused-ring (bicyclic) bond motifs is 1. The highest BCUT2D eigenvalue weighted by atomic mass is 19.1. The Hall–Kier alpha value is -2.66. The third-order valence-electron chi connectivity index (χ3n) is 6.78. The normalized spacial score (nSPS) is 20.1. The van der Waals surface area contributed by atoms with Gasteiger partial charge in [0.15, 0.2) is 0 Å². The van der Waals surface area contributed by atoms with Gasteiger partial charge in [-0.3, -0.25) is 19.2 Å². The van der Waals surface area contributed by atoms with Gasteiger partial charge in [0.2, 0.25) is 6.54 Å². The molecule has 1 aromatic heterocycles. The highest BCUT2D eigenvalue weighted by Crippen LogP contribution is 2.39. The second kappa shape index (κ2) is 7.88. The van der Waals surface area contributed by atoms with Crippen LogP contribution in [0, 0.1) is 25.2 Å². The Morgan fingerprint density at radius 2 is 2.10 bits per heavy atom. The molecule has 1 saturated heterocycles. The van der Waals surface area contributed by atoms with E-state index in [2.05, 4.69) is 26.6 Å². The Balaban J connectivity index is 1.70. The average Bonchev–Trinajstić information content (AvgIpc) is 3.43. The third kappa shape index (κ3) is 3.52. The number of aryl methyl sites for hydroxylation is 1. The SMILES string of the molecule is [C-]#[N+]CCN(C)C(C)C1CCN(c2c(F)cc3c(=O)[nH]c(=O)n(C4CC4)c3c2C)C1. The topological polar surface area (TPSA) is 65.7 Å². The highest BCUT2D eigenvalue weighted by Gasteiger charge is 2.33. The van der Waals surface area contributed by atoms with Gasteiger partial charge in [0, 0.05) is 30.7 Å². The zero-order valence-electron chi connectivity index (χ0n) is 17.7. The van der Waals surface area contributed by atoms with E-state index >= 15 is 4.39 Å². The number of anilines is 1. The molecular weight excluding hydrogens is 385 g/mol. The molecule has 160 valence electrons. The standard InChI is InChI=1S/C22H28FN5O2/c1-13-19-17(21(29)25-22(30)28(19)16-5-6-16)11-18(23)20(13)27-9-7-15(12-27)14(2)26(4)10-8-24-3/h11,14-16H,5-10,12H2,1-2,4H3,(H,25,29,30). The number of aromatic nitrogens is 2. The van der Waals surface area contributed by atoms with E-state index in [4.69, 9.17) is 6.57 Å². The molecular formula is C22H28FN5O2. The minimum absolute atomic E-state index is 0.0799. The van der Waals surface area contributed by atoms with Crippen LogP contribution in [0.5, 0.6) is 0 Å². The molecule has 2 atom stereocenters. The quantitative estimate of drug-likeness (QED) is 0.740. The van der Waals surface area contributed by atoms with E-state index in [-0.39, 0.29) is 17.5 Å². The van der Waals surface area contributed by atoms with E-state index in [1.165, 1.54) is 6.07 Å². The van der Waals surface area contributed by atoms with E-state index < -0.39 is 17.1 Å². The molecule has 4 rings (SSSR count). The fourth-order valence-electron chi connectivity index (χ4n) is 4.79. The fraction of sp³-hybridized carbons (Fsp3) is 0.591. The van der Waals surface area contributed by atoms with Crippen molar-refractivity contribution in [1.82, 2.24) is 14.5 Å². The van der Waals surface area contributed by atoms with Gasteiger partial charge < -0.3 is 9.74 Å². The van der Waals surface area contributed by atoms with E-state index in [1.807, 2.05) is 14.0 Å². The Morgan fingerprint density at radius 1 is 1.37 bits per heavy atom. The molecule has 30 heavy (non-hydrogen) atoms. The molecule has 1 aromatic carbocycles. The van der Waals surface area contributed by atoms with Crippen LogP contribution in [0.4, 0.5) is 10.1 Å². The minimum atomic E-state index is -0.533. The second-order valence-electron chi connectivity index (χ2n) is 8.69. The predicted molar refractivity (Wildman–Crippen MR) is 116 cm³/mol. The molecule has 2 heterocycles. The van der Waals surface area contributed by atoms with Gasteiger partial charge >= 0.3 is 5.69 Å². The second-order valence-corrected chi connectivity index (χ2v) is 8.69. The maximum absolute atomic E-state index is 15.2. The van der Waals surface area contributed by atoms with E-state index in [9.17, 15) is 9.59 Å². The van der Waals surface area contributed by atoms with Crippen LogP contribution in [-0.2, 0) is 0 Å². The van der Waals surface area contributed by atoms with Crippen molar-refractivity contribution < 1.29 is 4.39 Å². The summed E-state index contributed by atoms with van der Waals surface area (Å²) in [6, 6.07) is 1.65. The average molecular weight is 413 g/mol. The van der Waals surface area contributed by atoms with Gasteiger partial charge in [0.1, 0.15) is 5.82 Å². The Bertz CT molecular complexity index is 1130. The highest BCUT2D eigenvalue weighted by molar-refractivity contribution is 5.87. The van der Waals surface area contributed by atoms with Crippen LogP contribution in [0.25, 0.3) is 15.7 Å². The summed E-state index contributed by atoms with van der Waals surface area (Å²) in [5.74, 6) is -0.0545. The van der Waals surface area contributed by atoms with E-state index in [0.717, 1.165) is 32.4 Å². The summed E-state index contributed by atoms with van der Waals surface area (Å²) in [4.78, 5) is 34.9. The van der Waals surface area contributed by atoms with Crippen LogP contribution in [-0.4, -0.2) is 53.7 Å². The molecule has 1 N–H and O–H groups in total. The summed E-state index contributed by atoms with van der Waals surface area (Å²) in [7, 11) is 2.03. The maximum atomic E-state index is 15.2. The zero-order chi connectivity index (χ0) is 21.6. The van der Waals surface area contributed by atoms with Gasteiger partial charge in [-0.05, 0) is 52.1 Å². The van der Waals surface area contributed by atoms with Crippen LogP contribution in [0.2, 0.25) is 0 Å². The first-order valence-corrected chi connectivity index (χ1v) is 10.6. The van der Waals surface area contributed by atoms with Crippen LogP contribution < -0.4 is 16.1 Å². The smallest absolute Gasteiger partial charge is 0.329 e. The van der Waals surface area contributed by atoms with Crippen molar-refractivity contribution in [3.05, 3.63) is 49.7 Å². The Labute approximate surface area is 174 Å². The van der Waals surface area contributed by atoms with Crippen molar-refractivity contribution in [3.8, 4) is 0 Å². The number of aromatic amines is 1. The molecule has 2 unspecified atom stereocenters. The van der Waals surface area contributed by atoms with Crippen LogP contribution in [0.1, 0.15) is 37.8 Å². The Morgan fingerprint density at radius 3 is 2.77 bits per heavy atom. The van der Waals surface area contributed by atoms with Crippen molar-refractivity contribution >= 4 is 16.6 Å². The first kappa shape index (κ1) is 20.6. The first-order chi connectivity index (χ1) is 14.3. The molecule has 1 aliphatic carbocycles. The van der Waals surface area contributed by atoms with Gasteiger partial charge in [0.05, 0.1) is 23.1 Å². The molecule has 0 amide bonds. The molecule has 8 heteroatoms. The van der Waals surface area contributed by atoms with Gasteiger partial charge in [-0.15, -0.1) is 0 Å². The van der Waals surface area contributed by atoms with Crippen molar-refractivity contribution in [2.45, 2.75) is 45.2 Å². The first-order valence-electron chi connectivity index (χ1n) is 10.6. The third-order valence-corrected chi connectivity index (χ3v) is 6.78. The van der Waals surface area contributed by atoms with E-state index in [0.29, 0.717) is 35.8 Å². The summed E-state index contributed by atoms with van der Waals surface area (Å²) in [6.07, 6.45) is 2.73. The number of hydrogen-bond donors (Lipinski definition) is 1. The van der Waals surface area contributed by atoms with Crippen LogP contribution in [0.3, 0.4) is 0 Å². The molecule has 2 aliphatic rings. The largest absolute Gasteiger partial charge is 0.369 e.